The maximum atomic E-state index is 12.6. The molecule has 2 unspecified atom stereocenters. The summed E-state index contributed by atoms with van der Waals surface area (Å²) < 4.78 is 16.9. The van der Waals surface area contributed by atoms with Crippen molar-refractivity contribution in [3.63, 3.8) is 0 Å². The van der Waals surface area contributed by atoms with Gasteiger partial charge in [0.25, 0.3) is 5.91 Å². The molecule has 1 aliphatic heterocycles. The molecule has 9 heteroatoms. The number of carbonyl (C=O) groups is 2. The normalized spacial score (nSPS) is 15.3. The smallest absolute Gasteiger partial charge is 0.313 e. The third kappa shape index (κ3) is 6.52. The number of hydrogen-bond donors (Lipinski definition) is 1. The molecule has 0 saturated carbocycles. The van der Waals surface area contributed by atoms with Crippen molar-refractivity contribution < 1.29 is 23.8 Å². The van der Waals surface area contributed by atoms with E-state index < -0.39 is 5.92 Å². The van der Waals surface area contributed by atoms with Crippen molar-refractivity contribution in [3.05, 3.63) is 87.4 Å². The van der Waals surface area contributed by atoms with Crippen molar-refractivity contribution in [2.45, 2.75) is 30.6 Å². The molecule has 0 aromatic heterocycles. The van der Waals surface area contributed by atoms with Crippen molar-refractivity contribution in [2.75, 3.05) is 13.2 Å². The Morgan fingerprint density at radius 2 is 1.83 bits per heavy atom. The van der Waals surface area contributed by atoms with E-state index in [0.29, 0.717) is 64.5 Å². The fourth-order valence-corrected chi connectivity index (χ4v) is 4.78. The van der Waals surface area contributed by atoms with Gasteiger partial charge in [-0.2, -0.15) is 0 Å². The molecule has 0 saturated heterocycles. The van der Waals surface area contributed by atoms with E-state index in [9.17, 15) is 9.59 Å². The first-order chi connectivity index (χ1) is 17.3. The number of esters is 1. The van der Waals surface area contributed by atoms with Crippen LogP contribution in [0.15, 0.2) is 60.7 Å². The van der Waals surface area contributed by atoms with Gasteiger partial charge in [-0.25, -0.2) is 0 Å². The van der Waals surface area contributed by atoms with Gasteiger partial charge in [0.2, 0.25) is 0 Å². The van der Waals surface area contributed by atoms with Crippen molar-refractivity contribution in [3.8, 4) is 17.2 Å². The monoisotopic (exact) mass is 591 g/mol. The van der Waals surface area contributed by atoms with Crippen LogP contribution in [0.5, 0.6) is 17.2 Å². The molecule has 1 aliphatic rings. The van der Waals surface area contributed by atoms with E-state index in [-0.39, 0.29) is 16.8 Å². The molecule has 4 rings (SSSR count). The lowest BCUT2D eigenvalue weighted by Gasteiger charge is -2.25. The third-order valence-corrected chi connectivity index (χ3v) is 6.74. The molecule has 3 aromatic rings. The molecule has 3 aromatic carbocycles. The van der Waals surface area contributed by atoms with E-state index in [1.54, 1.807) is 43.3 Å². The first-order valence-electron chi connectivity index (χ1n) is 11.4. The lowest BCUT2D eigenvalue weighted by atomic mass is 9.93. The molecule has 1 amide bonds. The molecule has 0 radical (unpaired) electrons. The van der Waals surface area contributed by atoms with E-state index in [2.05, 4.69) is 21.2 Å². The van der Waals surface area contributed by atoms with Crippen LogP contribution in [0.4, 0.5) is 0 Å². The van der Waals surface area contributed by atoms with Crippen LogP contribution < -0.4 is 14.8 Å². The molecule has 2 atom stereocenters. The minimum Gasteiger partial charge on any atom is -0.493 e. The molecule has 36 heavy (non-hydrogen) atoms. The van der Waals surface area contributed by atoms with Crippen molar-refractivity contribution in [1.29, 1.82) is 0 Å². The summed E-state index contributed by atoms with van der Waals surface area (Å²) in [6.45, 7) is 2.48. The largest absolute Gasteiger partial charge is 0.493 e. The van der Waals surface area contributed by atoms with Crippen LogP contribution in [0.2, 0.25) is 10.0 Å². The van der Waals surface area contributed by atoms with Crippen LogP contribution in [0, 0.1) is 0 Å². The molecule has 0 spiro atoms. The number of benzene rings is 3. The number of nitrogens with one attached hydrogen (secondary N) is 1. The second kappa shape index (κ2) is 12.0. The zero-order valence-corrected chi connectivity index (χ0v) is 22.5. The molecular formula is C27H24BrCl2NO5. The predicted molar refractivity (Wildman–Crippen MR) is 143 cm³/mol. The lowest BCUT2D eigenvalue weighted by Crippen LogP contribution is -2.31. The van der Waals surface area contributed by atoms with Gasteiger partial charge < -0.3 is 19.5 Å². The molecule has 6 nitrogen and oxygen atoms in total. The first kappa shape index (κ1) is 26.3. The van der Waals surface area contributed by atoms with E-state index in [0.717, 1.165) is 5.56 Å². The summed E-state index contributed by atoms with van der Waals surface area (Å²) in [6, 6.07) is 17.6. The maximum absolute atomic E-state index is 12.6. The molecule has 188 valence electrons. The first-order valence-corrected chi connectivity index (χ1v) is 13.1. The average molecular weight is 593 g/mol. The topological polar surface area (TPSA) is 73.9 Å². The number of ether oxygens (including phenoxy) is 3. The van der Waals surface area contributed by atoms with Gasteiger partial charge in [0.05, 0.1) is 29.1 Å². The van der Waals surface area contributed by atoms with Crippen LogP contribution >= 0.6 is 39.1 Å². The number of halogens is 3. The zero-order valence-electron chi connectivity index (χ0n) is 19.4. The molecular weight excluding hydrogens is 569 g/mol. The summed E-state index contributed by atoms with van der Waals surface area (Å²) in [4.78, 5) is 24.7. The van der Waals surface area contributed by atoms with Crippen LogP contribution in [-0.2, 0) is 16.0 Å². The van der Waals surface area contributed by atoms with Crippen molar-refractivity contribution >= 4 is 51.0 Å². The highest BCUT2D eigenvalue weighted by atomic mass is 79.9. The van der Waals surface area contributed by atoms with Gasteiger partial charge in [-0.05, 0) is 61.4 Å². The maximum Gasteiger partial charge on any atom is 0.313 e. The Hall–Kier alpha value is -2.74. The third-order valence-electron chi connectivity index (χ3n) is 5.64. The molecule has 1 N–H and O–H groups in total. The molecule has 0 aliphatic carbocycles. The highest BCUT2D eigenvalue weighted by molar-refractivity contribution is 9.09. The second-order valence-electron chi connectivity index (χ2n) is 8.16. The lowest BCUT2D eigenvalue weighted by molar-refractivity contribution is -0.145. The van der Waals surface area contributed by atoms with Gasteiger partial charge in [0, 0.05) is 28.6 Å². The summed E-state index contributed by atoms with van der Waals surface area (Å²) >= 11 is 15.9. The van der Waals surface area contributed by atoms with E-state index >= 15 is 0 Å². The summed E-state index contributed by atoms with van der Waals surface area (Å²) in [6.07, 6.45) is 1.14. The van der Waals surface area contributed by atoms with Crippen LogP contribution in [0.25, 0.3) is 0 Å². The Morgan fingerprint density at radius 3 is 2.53 bits per heavy atom. The van der Waals surface area contributed by atoms with Gasteiger partial charge in [-0.15, -0.1) is 0 Å². The number of hydrogen-bond acceptors (Lipinski definition) is 5. The van der Waals surface area contributed by atoms with Crippen LogP contribution in [-0.4, -0.2) is 30.0 Å². The average Bonchev–Trinajstić information content (AvgIpc) is 2.86. The quantitative estimate of drug-likeness (QED) is 0.175. The fraction of sp³-hybridized carbons (Fsp3) is 0.259. The minimum absolute atomic E-state index is 0.220. The highest BCUT2D eigenvalue weighted by Crippen LogP contribution is 2.42. The summed E-state index contributed by atoms with van der Waals surface area (Å²) in [5.41, 5.74) is 2.22. The zero-order chi connectivity index (χ0) is 25.7. The van der Waals surface area contributed by atoms with Crippen molar-refractivity contribution in [1.82, 2.24) is 5.32 Å². The van der Waals surface area contributed by atoms with Crippen LogP contribution in [0.1, 0.15) is 40.7 Å². The number of rotatable bonds is 8. The van der Waals surface area contributed by atoms with Crippen molar-refractivity contribution in [2.24, 2.45) is 0 Å². The summed E-state index contributed by atoms with van der Waals surface area (Å²) in [5.74, 6) is 0.500. The summed E-state index contributed by atoms with van der Waals surface area (Å²) in [7, 11) is 0. The Morgan fingerprint density at radius 1 is 1.11 bits per heavy atom. The molecule has 0 bridgehead atoms. The van der Waals surface area contributed by atoms with Gasteiger partial charge in [-0.3, -0.25) is 9.59 Å². The number of amides is 1. The summed E-state index contributed by atoms with van der Waals surface area (Å²) in [5, 5.41) is 3.94. The van der Waals surface area contributed by atoms with Gasteiger partial charge >= 0.3 is 5.97 Å². The molecule has 0 fully saturated rings. The van der Waals surface area contributed by atoms with E-state index in [1.807, 2.05) is 24.3 Å². The predicted octanol–water partition coefficient (Wildman–Crippen LogP) is 6.91. The molecule has 1 heterocycles. The second-order valence-corrected chi connectivity index (χ2v) is 10.1. The number of carbonyl (C=O) groups excluding carboxylic acids is 2. The standard InChI is InChI=1S/C27H24BrCl2NO5/c1-2-34-27(33)20-11-12-35-23-15-24(22(30)14-21(20)23)36-19-9-5-17(6-10-19)26(32)31-25(28)13-16-3-7-18(29)8-4-16/h3-10,14-15,20,25H,2,11-13H2,1H3,(H,31,32). The van der Waals surface area contributed by atoms with Crippen LogP contribution in [0.3, 0.4) is 0 Å². The van der Waals surface area contributed by atoms with E-state index in [4.69, 9.17) is 37.4 Å². The Kier molecular flexibility index (Phi) is 8.77. The Balaban J connectivity index is 1.40. The SMILES string of the molecule is CCOC(=O)C1CCOc2cc(Oc3ccc(C(=O)NC(Br)Cc4ccc(Cl)cc4)cc3)c(Cl)cc21. The Bertz CT molecular complexity index is 1230. The van der Waals surface area contributed by atoms with E-state index in [1.165, 1.54) is 0 Å². The fourth-order valence-electron chi connectivity index (χ4n) is 3.86. The van der Waals surface area contributed by atoms with Gasteiger partial charge in [0.15, 0.2) is 0 Å². The highest BCUT2D eigenvalue weighted by Gasteiger charge is 2.30. The number of fused-ring (bicyclic) bond motifs is 1. The van der Waals surface area contributed by atoms with Gasteiger partial charge in [0.1, 0.15) is 17.2 Å². The minimum atomic E-state index is -0.420. The number of alkyl halides is 1. The Labute approximate surface area is 228 Å². The van der Waals surface area contributed by atoms with Gasteiger partial charge in [-0.1, -0.05) is 51.3 Å².